The molecule has 5 heteroatoms. The van der Waals surface area contributed by atoms with Crippen LogP contribution in [0, 0.1) is 0 Å². The Bertz CT molecular complexity index is 1180. The number of nitrogens with one attached hydrogen (secondary N) is 1. The summed E-state index contributed by atoms with van der Waals surface area (Å²) >= 11 is 3.46. The predicted molar refractivity (Wildman–Crippen MR) is 122 cm³/mol. The van der Waals surface area contributed by atoms with Gasteiger partial charge in [0.25, 0.3) is 0 Å². The van der Waals surface area contributed by atoms with Crippen LogP contribution in [0.2, 0.25) is 0 Å². The zero-order valence-corrected chi connectivity index (χ0v) is 18.4. The first-order chi connectivity index (χ1) is 14.7. The first-order valence-electron chi connectivity index (χ1n) is 10.2. The van der Waals surface area contributed by atoms with Crippen molar-refractivity contribution in [2.24, 2.45) is 0 Å². The van der Waals surface area contributed by atoms with Crippen molar-refractivity contribution >= 4 is 26.8 Å². The topological polar surface area (TPSA) is 50.9 Å². The van der Waals surface area contributed by atoms with Gasteiger partial charge in [0.15, 0.2) is 6.04 Å². The Morgan fingerprint density at radius 3 is 2.73 bits per heavy atom. The van der Waals surface area contributed by atoms with E-state index >= 15 is 0 Å². The molecular weight excluding hydrogens is 440 g/mol. The van der Waals surface area contributed by atoms with E-state index in [1.165, 1.54) is 27.7 Å². The van der Waals surface area contributed by atoms with Crippen LogP contribution in [0.3, 0.4) is 0 Å². The number of halogens is 1. The summed E-state index contributed by atoms with van der Waals surface area (Å²) in [4.78, 5) is 3.68. The molecule has 2 heterocycles. The number of nitrogens with two attached hydrogens (primary N) is 1. The normalized spacial score (nSPS) is 15.7. The number of H-pyrrole nitrogens is 1. The fourth-order valence-electron chi connectivity index (χ4n) is 4.37. The van der Waals surface area contributed by atoms with Crippen molar-refractivity contribution in [1.82, 2.24) is 4.98 Å². The van der Waals surface area contributed by atoms with Crippen LogP contribution in [0.4, 0.5) is 0 Å². The summed E-state index contributed by atoms with van der Waals surface area (Å²) in [6.07, 6.45) is 1.09. The van der Waals surface area contributed by atoms with E-state index in [2.05, 4.69) is 68.7 Å². The van der Waals surface area contributed by atoms with Crippen LogP contribution in [0.25, 0.3) is 10.9 Å². The van der Waals surface area contributed by atoms with E-state index < -0.39 is 0 Å². The van der Waals surface area contributed by atoms with E-state index in [0.717, 1.165) is 34.5 Å². The molecule has 0 radical (unpaired) electrons. The molecule has 152 valence electrons. The highest BCUT2D eigenvalue weighted by Crippen LogP contribution is 2.32. The third kappa shape index (κ3) is 3.59. The van der Waals surface area contributed by atoms with Gasteiger partial charge in [-0.15, -0.1) is 0 Å². The molecule has 0 amide bonds. The number of rotatable bonds is 5. The van der Waals surface area contributed by atoms with E-state index in [1.54, 1.807) is 7.11 Å². The molecule has 30 heavy (non-hydrogen) atoms. The number of quaternary nitrogens is 1. The molecule has 3 aromatic carbocycles. The molecule has 0 saturated carbocycles. The maximum Gasteiger partial charge on any atom is 0.153 e. The predicted octanol–water partition coefficient (Wildman–Crippen LogP) is 4.73. The van der Waals surface area contributed by atoms with Crippen molar-refractivity contribution in [3.63, 3.8) is 0 Å². The van der Waals surface area contributed by atoms with Crippen LogP contribution in [-0.4, -0.2) is 18.6 Å². The minimum Gasteiger partial charge on any atom is -0.496 e. The highest BCUT2D eigenvalue weighted by atomic mass is 79.9. The molecule has 0 unspecified atom stereocenters. The lowest BCUT2D eigenvalue weighted by Crippen LogP contribution is -2.87. The summed E-state index contributed by atoms with van der Waals surface area (Å²) in [5.74, 6) is 1.69. The second-order valence-corrected chi connectivity index (χ2v) is 8.54. The lowest BCUT2D eigenvalue weighted by atomic mass is 9.93. The van der Waals surface area contributed by atoms with Crippen molar-refractivity contribution in [2.45, 2.75) is 19.1 Å². The lowest BCUT2D eigenvalue weighted by molar-refractivity contribution is -0.690. The van der Waals surface area contributed by atoms with Gasteiger partial charge in [0.05, 0.1) is 19.3 Å². The fourth-order valence-corrected chi connectivity index (χ4v) is 4.63. The van der Waals surface area contributed by atoms with Crippen LogP contribution in [0.5, 0.6) is 11.5 Å². The number of hydrogen-bond acceptors (Lipinski definition) is 2. The highest BCUT2D eigenvalue weighted by molar-refractivity contribution is 9.10. The third-order valence-corrected chi connectivity index (χ3v) is 6.35. The third-order valence-electron chi connectivity index (χ3n) is 5.83. The molecule has 4 aromatic rings. The summed E-state index contributed by atoms with van der Waals surface area (Å²) in [6, 6.07) is 23.2. The molecule has 3 N–H and O–H groups in total. The van der Waals surface area contributed by atoms with Crippen molar-refractivity contribution in [1.29, 1.82) is 0 Å². The van der Waals surface area contributed by atoms with E-state index in [-0.39, 0.29) is 6.04 Å². The first kappa shape index (κ1) is 19.2. The molecule has 1 aliphatic heterocycles. The Morgan fingerprint density at radius 1 is 1.07 bits per heavy atom. The van der Waals surface area contributed by atoms with Crippen LogP contribution in [0.1, 0.15) is 28.4 Å². The monoisotopic (exact) mass is 463 g/mol. The van der Waals surface area contributed by atoms with Gasteiger partial charge in [0, 0.05) is 32.9 Å². The van der Waals surface area contributed by atoms with Gasteiger partial charge < -0.3 is 19.8 Å². The minimum absolute atomic E-state index is 0.249. The van der Waals surface area contributed by atoms with Crippen LogP contribution in [0.15, 0.2) is 71.2 Å². The number of ether oxygens (including phenoxy) is 2. The van der Waals surface area contributed by atoms with Gasteiger partial charge in [0.1, 0.15) is 18.1 Å². The maximum absolute atomic E-state index is 6.03. The molecule has 0 spiro atoms. The van der Waals surface area contributed by atoms with Gasteiger partial charge in [-0.1, -0.05) is 34.1 Å². The van der Waals surface area contributed by atoms with Gasteiger partial charge in [-0.25, -0.2) is 0 Å². The fraction of sp³-hybridized carbons (Fsp3) is 0.200. The van der Waals surface area contributed by atoms with Gasteiger partial charge >= 0.3 is 0 Å². The van der Waals surface area contributed by atoms with Crippen molar-refractivity contribution in [3.8, 4) is 11.5 Å². The van der Waals surface area contributed by atoms with E-state index in [4.69, 9.17) is 9.47 Å². The molecule has 1 atom stereocenters. The Morgan fingerprint density at radius 2 is 1.90 bits per heavy atom. The zero-order chi connectivity index (χ0) is 20.5. The molecule has 0 fully saturated rings. The SMILES string of the molecule is COc1ccc([C@@H]2[NH2+]CCc3c2[nH]c2ccccc32)cc1COc1ccc(Br)cc1. The smallest absolute Gasteiger partial charge is 0.153 e. The molecule has 1 aromatic heterocycles. The molecule has 4 nitrogen and oxygen atoms in total. The zero-order valence-electron chi connectivity index (χ0n) is 16.8. The number of methoxy groups -OCH3 is 1. The van der Waals surface area contributed by atoms with Crippen LogP contribution < -0.4 is 14.8 Å². The average Bonchev–Trinajstić information content (AvgIpc) is 3.17. The molecule has 0 bridgehead atoms. The Balaban J connectivity index is 1.47. The summed E-state index contributed by atoms with van der Waals surface area (Å²) in [5, 5.41) is 3.76. The second-order valence-electron chi connectivity index (χ2n) is 7.63. The van der Waals surface area contributed by atoms with Crippen molar-refractivity contribution in [3.05, 3.63) is 93.6 Å². The summed E-state index contributed by atoms with van der Waals surface area (Å²) < 4.78 is 12.7. The molecule has 5 rings (SSSR count). The Hall–Kier alpha value is -2.76. The number of benzene rings is 3. The quantitative estimate of drug-likeness (QED) is 0.449. The maximum atomic E-state index is 6.03. The van der Waals surface area contributed by atoms with E-state index in [1.807, 2.05) is 24.3 Å². The van der Waals surface area contributed by atoms with E-state index in [0.29, 0.717) is 6.61 Å². The average molecular weight is 464 g/mol. The summed E-state index contributed by atoms with van der Waals surface area (Å²) in [6.45, 7) is 1.54. The second kappa shape index (κ2) is 8.17. The van der Waals surface area contributed by atoms with Crippen LogP contribution >= 0.6 is 15.9 Å². The minimum atomic E-state index is 0.249. The molecule has 1 aliphatic rings. The van der Waals surface area contributed by atoms with Gasteiger partial charge in [-0.3, -0.25) is 0 Å². The lowest BCUT2D eigenvalue weighted by Gasteiger charge is -2.22. The van der Waals surface area contributed by atoms with Gasteiger partial charge in [-0.05, 0) is 54.1 Å². The number of para-hydroxylation sites is 1. The number of hydrogen-bond donors (Lipinski definition) is 2. The largest absolute Gasteiger partial charge is 0.496 e. The molecular formula is C25H24BrN2O2+. The highest BCUT2D eigenvalue weighted by Gasteiger charge is 2.29. The molecule has 0 saturated heterocycles. The van der Waals surface area contributed by atoms with Crippen molar-refractivity contribution in [2.75, 3.05) is 13.7 Å². The number of aromatic nitrogens is 1. The standard InChI is InChI=1S/C25H23BrN2O2/c1-29-23-11-6-16(14-17(23)15-30-19-9-7-18(26)8-10-19)24-25-21(12-13-27-24)20-4-2-3-5-22(20)28-25/h2-11,14,24,27-28H,12-13,15H2,1H3/p+1/t24-/m0/s1. The Labute approximate surface area is 184 Å². The number of aromatic amines is 1. The number of fused-ring (bicyclic) bond motifs is 3. The molecule has 0 aliphatic carbocycles. The Kier molecular flexibility index (Phi) is 5.23. The van der Waals surface area contributed by atoms with Crippen LogP contribution in [-0.2, 0) is 13.0 Å². The van der Waals surface area contributed by atoms with Gasteiger partial charge in [0.2, 0.25) is 0 Å². The first-order valence-corrected chi connectivity index (χ1v) is 11.0. The van der Waals surface area contributed by atoms with E-state index in [9.17, 15) is 0 Å². The van der Waals surface area contributed by atoms with Gasteiger partial charge in [-0.2, -0.15) is 0 Å². The summed E-state index contributed by atoms with van der Waals surface area (Å²) in [5.41, 5.74) is 6.29. The van der Waals surface area contributed by atoms with Crippen molar-refractivity contribution < 1.29 is 14.8 Å². The summed E-state index contributed by atoms with van der Waals surface area (Å²) in [7, 11) is 1.71.